The monoisotopic (exact) mass is 301 g/mol. The predicted molar refractivity (Wildman–Crippen MR) is 81.9 cm³/mol. The summed E-state index contributed by atoms with van der Waals surface area (Å²) in [5.41, 5.74) is 9.17. The van der Waals surface area contributed by atoms with Crippen LogP contribution in [0.25, 0.3) is 16.9 Å². The fourth-order valence-electron chi connectivity index (χ4n) is 2.14. The van der Waals surface area contributed by atoms with E-state index in [9.17, 15) is 4.39 Å². The Bertz CT molecular complexity index is 748. The molecule has 3 rings (SSSR count). The highest BCUT2D eigenvalue weighted by Crippen LogP contribution is 2.24. The van der Waals surface area contributed by atoms with E-state index in [0.717, 1.165) is 22.5 Å². The average molecular weight is 302 g/mol. The summed E-state index contributed by atoms with van der Waals surface area (Å²) < 4.78 is 14.8. The van der Waals surface area contributed by atoms with Gasteiger partial charge in [-0.1, -0.05) is 11.6 Å². The van der Waals surface area contributed by atoms with Crippen molar-refractivity contribution < 1.29 is 4.39 Å². The van der Waals surface area contributed by atoms with Crippen molar-refractivity contribution in [2.45, 2.75) is 6.54 Å². The number of nitrogens with two attached hydrogens (primary N) is 1. The quantitative estimate of drug-likeness (QED) is 0.800. The average Bonchev–Trinajstić information content (AvgIpc) is 2.93. The Morgan fingerprint density at radius 2 is 1.71 bits per heavy atom. The van der Waals surface area contributed by atoms with Crippen molar-refractivity contribution in [3.63, 3.8) is 0 Å². The van der Waals surface area contributed by atoms with Gasteiger partial charge in [0.1, 0.15) is 5.82 Å². The van der Waals surface area contributed by atoms with Crippen LogP contribution < -0.4 is 5.73 Å². The van der Waals surface area contributed by atoms with Gasteiger partial charge in [-0.3, -0.25) is 0 Å². The molecule has 106 valence electrons. The lowest BCUT2D eigenvalue weighted by molar-refractivity contribution is 0.628. The molecule has 0 radical (unpaired) electrons. The van der Waals surface area contributed by atoms with Gasteiger partial charge in [0.15, 0.2) is 0 Å². The molecular formula is C16H13ClFN3. The zero-order valence-electron chi connectivity index (χ0n) is 11.1. The maximum Gasteiger partial charge on any atom is 0.123 e. The Kier molecular flexibility index (Phi) is 3.73. The molecule has 0 saturated heterocycles. The van der Waals surface area contributed by atoms with Gasteiger partial charge in [0.25, 0.3) is 0 Å². The molecule has 1 aromatic heterocycles. The number of benzene rings is 2. The maximum atomic E-state index is 13.0. The zero-order chi connectivity index (χ0) is 14.8. The molecule has 0 amide bonds. The van der Waals surface area contributed by atoms with Crippen LogP contribution in [0.15, 0.2) is 54.7 Å². The summed E-state index contributed by atoms with van der Waals surface area (Å²) in [5, 5.41) is 5.22. The van der Waals surface area contributed by atoms with E-state index in [1.54, 1.807) is 28.9 Å². The van der Waals surface area contributed by atoms with Gasteiger partial charge in [-0.15, -0.1) is 0 Å². The van der Waals surface area contributed by atoms with E-state index in [0.29, 0.717) is 11.6 Å². The van der Waals surface area contributed by atoms with Crippen molar-refractivity contribution >= 4 is 11.6 Å². The standard InChI is InChI=1S/C16H13ClFN3/c17-13-3-7-15(8-4-13)21-10-12(9-19)16(20-21)11-1-5-14(18)6-2-11/h1-8,10H,9,19H2. The second-order valence-electron chi connectivity index (χ2n) is 4.63. The highest BCUT2D eigenvalue weighted by Gasteiger charge is 2.11. The molecule has 0 aliphatic carbocycles. The fourth-order valence-corrected chi connectivity index (χ4v) is 2.26. The normalized spacial score (nSPS) is 10.8. The van der Waals surface area contributed by atoms with Crippen LogP contribution in [0, 0.1) is 5.82 Å². The van der Waals surface area contributed by atoms with E-state index in [1.807, 2.05) is 18.3 Å². The maximum absolute atomic E-state index is 13.0. The lowest BCUT2D eigenvalue weighted by atomic mass is 10.1. The van der Waals surface area contributed by atoms with E-state index < -0.39 is 0 Å². The van der Waals surface area contributed by atoms with Crippen molar-refractivity contribution in [3.8, 4) is 16.9 Å². The Labute approximate surface area is 126 Å². The van der Waals surface area contributed by atoms with Crippen molar-refractivity contribution in [3.05, 3.63) is 71.1 Å². The summed E-state index contributed by atoms with van der Waals surface area (Å²) in [6.45, 7) is 0.361. The van der Waals surface area contributed by atoms with Crippen LogP contribution in [0.4, 0.5) is 4.39 Å². The first-order chi connectivity index (χ1) is 10.2. The van der Waals surface area contributed by atoms with Gasteiger partial charge in [0.05, 0.1) is 11.4 Å². The van der Waals surface area contributed by atoms with Crippen molar-refractivity contribution in [2.24, 2.45) is 5.73 Å². The lowest BCUT2D eigenvalue weighted by Gasteiger charge is -2.01. The zero-order valence-corrected chi connectivity index (χ0v) is 11.9. The SMILES string of the molecule is NCc1cn(-c2ccc(Cl)cc2)nc1-c1ccc(F)cc1. The molecule has 0 aliphatic rings. The van der Waals surface area contributed by atoms with Crippen molar-refractivity contribution in [1.29, 1.82) is 0 Å². The molecule has 21 heavy (non-hydrogen) atoms. The Morgan fingerprint density at radius 3 is 2.33 bits per heavy atom. The molecular weight excluding hydrogens is 289 g/mol. The van der Waals surface area contributed by atoms with E-state index in [4.69, 9.17) is 17.3 Å². The van der Waals surface area contributed by atoms with Crippen LogP contribution >= 0.6 is 11.6 Å². The van der Waals surface area contributed by atoms with E-state index in [2.05, 4.69) is 5.10 Å². The number of hydrogen-bond donors (Lipinski definition) is 1. The largest absolute Gasteiger partial charge is 0.326 e. The lowest BCUT2D eigenvalue weighted by Crippen LogP contribution is -1.96. The molecule has 2 aromatic carbocycles. The van der Waals surface area contributed by atoms with Gasteiger partial charge in [0, 0.05) is 28.9 Å². The molecule has 0 fully saturated rings. The van der Waals surface area contributed by atoms with Crippen LogP contribution in [-0.2, 0) is 6.54 Å². The summed E-state index contributed by atoms with van der Waals surface area (Å²) in [6.07, 6.45) is 1.88. The first kappa shape index (κ1) is 13.8. The van der Waals surface area contributed by atoms with E-state index in [1.165, 1.54) is 12.1 Å². The predicted octanol–water partition coefficient (Wildman–Crippen LogP) is 3.79. The van der Waals surface area contributed by atoms with Crippen LogP contribution in [0.5, 0.6) is 0 Å². The van der Waals surface area contributed by atoms with Crippen LogP contribution in [0.1, 0.15) is 5.56 Å². The number of hydrogen-bond acceptors (Lipinski definition) is 2. The molecule has 0 atom stereocenters. The van der Waals surface area contributed by atoms with Gasteiger partial charge in [-0.2, -0.15) is 5.10 Å². The van der Waals surface area contributed by atoms with E-state index in [-0.39, 0.29) is 5.82 Å². The highest BCUT2D eigenvalue weighted by molar-refractivity contribution is 6.30. The third-order valence-electron chi connectivity index (χ3n) is 3.22. The molecule has 3 nitrogen and oxygen atoms in total. The summed E-state index contributed by atoms with van der Waals surface area (Å²) >= 11 is 5.89. The van der Waals surface area contributed by atoms with Gasteiger partial charge in [-0.25, -0.2) is 9.07 Å². The molecule has 5 heteroatoms. The van der Waals surface area contributed by atoms with Gasteiger partial charge in [-0.05, 0) is 48.5 Å². The highest BCUT2D eigenvalue weighted by atomic mass is 35.5. The molecule has 0 spiro atoms. The number of nitrogens with zero attached hydrogens (tertiary/aromatic N) is 2. The number of rotatable bonds is 3. The first-order valence-corrected chi connectivity index (χ1v) is 6.85. The fraction of sp³-hybridized carbons (Fsp3) is 0.0625. The van der Waals surface area contributed by atoms with Gasteiger partial charge in [0.2, 0.25) is 0 Å². The van der Waals surface area contributed by atoms with Crippen LogP contribution in [0.2, 0.25) is 5.02 Å². The van der Waals surface area contributed by atoms with Crippen LogP contribution in [-0.4, -0.2) is 9.78 Å². The first-order valence-electron chi connectivity index (χ1n) is 6.48. The molecule has 0 unspecified atom stereocenters. The van der Waals surface area contributed by atoms with Gasteiger partial charge < -0.3 is 5.73 Å². The molecule has 2 N–H and O–H groups in total. The third kappa shape index (κ3) is 2.82. The summed E-state index contributed by atoms with van der Waals surface area (Å²) in [5.74, 6) is -0.273. The second kappa shape index (κ2) is 5.68. The van der Waals surface area contributed by atoms with Crippen molar-refractivity contribution in [2.75, 3.05) is 0 Å². The topological polar surface area (TPSA) is 43.8 Å². The minimum Gasteiger partial charge on any atom is -0.326 e. The summed E-state index contributed by atoms with van der Waals surface area (Å²) in [7, 11) is 0. The molecule has 0 saturated carbocycles. The Hall–Kier alpha value is -2.17. The number of aromatic nitrogens is 2. The Balaban J connectivity index is 2.05. The van der Waals surface area contributed by atoms with Crippen LogP contribution in [0.3, 0.4) is 0 Å². The van der Waals surface area contributed by atoms with E-state index >= 15 is 0 Å². The minimum absolute atomic E-state index is 0.273. The smallest absolute Gasteiger partial charge is 0.123 e. The van der Waals surface area contributed by atoms with Crippen molar-refractivity contribution in [1.82, 2.24) is 9.78 Å². The molecule has 0 bridgehead atoms. The Morgan fingerprint density at radius 1 is 1.05 bits per heavy atom. The second-order valence-corrected chi connectivity index (χ2v) is 5.07. The molecule has 0 aliphatic heterocycles. The summed E-state index contributed by atoms with van der Waals surface area (Å²) in [6, 6.07) is 13.6. The minimum atomic E-state index is -0.273. The molecule has 3 aromatic rings. The molecule has 1 heterocycles. The summed E-state index contributed by atoms with van der Waals surface area (Å²) in [4.78, 5) is 0. The third-order valence-corrected chi connectivity index (χ3v) is 3.47. The van der Waals surface area contributed by atoms with Gasteiger partial charge >= 0.3 is 0 Å². The number of halogens is 2.